The van der Waals surface area contributed by atoms with E-state index in [2.05, 4.69) is 47.2 Å². The molecule has 0 saturated carbocycles. The van der Waals surface area contributed by atoms with Crippen molar-refractivity contribution in [3.05, 3.63) is 34.9 Å². The zero-order valence-electron chi connectivity index (χ0n) is 17.8. The minimum Gasteiger partial charge on any atom is -0.376 e. The summed E-state index contributed by atoms with van der Waals surface area (Å²) in [5, 5.41) is 15.0. The highest BCUT2D eigenvalue weighted by molar-refractivity contribution is 7.80. The van der Waals surface area contributed by atoms with Crippen molar-refractivity contribution in [1.82, 2.24) is 15.2 Å². The number of anilines is 1. The molecule has 1 atom stereocenters. The SMILES string of the molecule is Cc1cc(C)c2cc(C#N)c(N3CCCN(C(=S)NC[C@@H]4CCCO4)CC3)nc2c1. The normalized spacial score (nSPS) is 19.6. The second-order valence-electron chi connectivity index (χ2n) is 8.27. The molecule has 2 aromatic rings. The summed E-state index contributed by atoms with van der Waals surface area (Å²) < 4.78 is 5.68. The Morgan fingerprint density at radius 2 is 2.10 bits per heavy atom. The van der Waals surface area contributed by atoms with Gasteiger partial charge in [0.25, 0.3) is 0 Å². The molecular formula is C23H29N5OS. The third kappa shape index (κ3) is 4.50. The van der Waals surface area contributed by atoms with Gasteiger partial charge < -0.3 is 19.9 Å². The van der Waals surface area contributed by atoms with Crippen molar-refractivity contribution in [1.29, 1.82) is 5.26 Å². The van der Waals surface area contributed by atoms with Gasteiger partial charge in [0, 0.05) is 44.7 Å². The van der Waals surface area contributed by atoms with Crippen LogP contribution in [0.15, 0.2) is 18.2 Å². The van der Waals surface area contributed by atoms with E-state index < -0.39 is 0 Å². The van der Waals surface area contributed by atoms with Crippen LogP contribution < -0.4 is 10.2 Å². The van der Waals surface area contributed by atoms with Crippen LogP contribution in [-0.4, -0.2) is 60.4 Å². The second kappa shape index (κ2) is 9.15. The van der Waals surface area contributed by atoms with E-state index in [1.54, 1.807) is 0 Å². The van der Waals surface area contributed by atoms with Crippen LogP contribution in [0.5, 0.6) is 0 Å². The van der Waals surface area contributed by atoms with Gasteiger partial charge in [0.15, 0.2) is 5.11 Å². The first kappa shape index (κ1) is 20.8. The van der Waals surface area contributed by atoms with E-state index in [-0.39, 0.29) is 6.10 Å². The van der Waals surface area contributed by atoms with Crippen LogP contribution in [0.3, 0.4) is 0 Å². The van der Waals surface area contributed by atoms with Crippen molar-refractivity contribution in [2.75, 3.05) is 44.2 Å². The Balaban J connectivity index is 1.48. The summed E-state index contributed by atoms with van der Waals surface area (Å²) in [6, 6.07) is 8.59. The van der Waals surface area contributed by atoms with Gasteiger partial charge in [0.05, 0.1) is 17.2 Å². The predicted molar refractivity (Wildman–Crippen MR) is 124 cm³/mol. The zero-order chi connectivity index (χ0) is 21.1. The molecule has 6 nitrogen and oxygen atoms in total. The van der Waals surface area contributed by atoms with Crippen LogP contribution in [-0.2, 0) is 4.74 Å². The number of pyridine rings is 1. The van der Waals surface area contributed by atoms with Gasteiger partial charge in [-0.1, -0.05) is 6.07 Å². The topological polar surface area (TPSA) is 64.4 Å². The Labute approximate surface area is 183 Å². The van der Waals surface area contributed by atoms with E-state index in [0.717, 1.165) is 86.0 Å². The summed E-state index contributed by atoms with van der Waals surface area (Å²) in [4.78, 5) is 9.37. The fourth-order valence-corrected chi connectivity index (χ4v) is 4.66. The van der Waals surface area contributed by atoms with Crippen LogP contribution in [0.2, 0.25) is 0 Å². The van der Waals surface area contributed by atoms with Crippen LogP contribution >= 0.6 is 12.2 Å². The van der Waals surface area contributed by atoms with Gasteiger partial charge in [-0.05, 0) is 68.6 Å². The van der Waals surface area contributed by atoms with Crippen molar-refractivity contribution < 1.29 is 4.74 Å². The molecule has 0 spiro atoms. The third-order valence-electron chi connectivity index (χ3n) is 5.97. The van der Waals surface area contributed by atoms with Crippen molar-refractivity contribution >= 4 is 34.1 Å². The van der Waals surface area contributed by atoms with Gasteiger partial charge in [-0.25, -0.2) is 4.98 Å². The molecule has 0 bridgehead atoms. The molecule has 1 N–H and O–H groups in total. The molecule has 0 unspecified atom stereocenters. The summed E-state index contributed by atoms with van der Waals surface area (Å²) in [7, 11) is 0. The number of aromatic nitrogens is 1. The Morgan fingerprint density at radius 1 is 1.23 bits per heavy atom. The quantitative estimate of drug-likeness (QED) is 0.760. The fourth-order valence-electron chi connectivity index (χ4n) is 4.39. The Hall–Kier alpha value is -2.43. The standard InChI is InChI=1S/C23H29N5OS/c1-16-11-17(2)20-13-18(14-24)22(26-21(20)12-16)27-6-4-7-28(9-8-27)23(30)25-15-19-5-3-10-29-19/h11-13,19H,3-10,15H2,1-2H3,(H,25,30)/t19-/m0/s1. The summed E-state index contributed by atoms with van der Waals surface area (Å²) in [5.74, 6) is 0.787. The first-order valence-corrected chi connectivity index (χ1v) is 11.2. The van der Waals surface area contributed by atoms with Crippen molar-refractivity contribution in [2.45, 2.75) is 39.2 Å². The number of fused-ring (bicyclic) bond motifs is 1. The maximum Gasteiger partial charge on any atom is 0.169 e. The second-order valence-corrected chi connectivity index (χ2v) is 8.66. The minimum absolute atomic E-state index is 0.276. The number of nitrogens with one attached hydrogen (secondary N) is 1. The molecular weight excluding hydrogens is 394 g/mol. The fraction of sp³-hybridized carbons (Fsp3) is 0.522. The van der Waals surface area contributed by atoms with E-state index in [0.29, 0.717) is 5.56 Å². The van der Waals surface area contributed by atoms with Gasteiger partial charge >= 0.3 is 0 Å². The Morgan fingerprint density at radius 3 is 2.87 bits per heavy atom. The van der Waals surface area contributed by atoms with Crippen molar-refractivity contribution in [2.24, 2.45) is 0 Å². The maximum atomic E-state index is 9.77. The molecule has 3 heterocycles. The van der Waals surface area contributed by atoms with Gasteiger partial charge in [0.2, 0.25) is 0 Å². The van der Waals surface area contributed by atoms with E-state index in [9.17, 15) is 5.26 Å². The Bertz CT molecular complexity index is 980. The van der Waals surface area contributed by atoms with E-state index in [4.69, 9.17) is 21.9 Å². The molecule has 158 valence electrons. The number of hydrogen-bond donors (Lipinski definition) is 1. The number of nitriles is 1. The van der Waals surface area contributed by atoms with Crippen LogP contribution in [0.25, 0.3) is 10.9 Å². The molecule has 1 aromatic heterocycles. The smallest absolute Gasteiger partial charge is 0.169 e. The lowest BCUT2D eigenvalue weighted by Gasteiger charge is -2.26. The molecule has 2 aliphatic rings. The number of benzene rings is 1. The van der Waals surface area contributed by atoms with E-state index in [1.807, 2.05) is 6.07 Å². The Kier molecular flexibility index (Phi) is 6.35. The summed E-state index contributed by atoms with van der Waals surface area (Å²) in [6.07, 6.45) is 3.49. The predicted octanol–water partition coefficient (Wildman–Crippen LogP) is 3.29. The minimum atomic E-state index is 0.276. The zero-order valence-corrected chi connectivity index (χ0v) is 18.6. The molecule has 30 heavy (non-hydrogen) atoms. The molecule has 2 fully saturated rings. The largest absolute Gasteiger partial charge is 0.376 e. The molecule has 2 aliphatic heterocycles. The van der Waals surface area contributed by atoms with E-state index >= 15 is 0 Å². The molecule has 4 rings (SSSR count). The summed E-state index contributed by atoms with van der Waals surface area (Å²) in [5.41, 5.74) is 3.94. The number of thiocarbonyl (C=S) groups is 1. The number of nitrogens with zero attached hydrogens (tertiary/aromatic N) is 4. The number of rotatable bonds is 3. The van der Waals surface area contributed by atoms with Gasteiger partial charge in [-0.15, -0.1) is 0 Å². The van der Waals surface area contributed by atoms with Crippen LogP contribution in [0, 0.1) is 25.2 Å². The molecule has 0 aliphatic carbocycles. The average molecular weight is 424 g/mol. The lowest BCUT2D eigenvalue weighted by Crippen LogP contribution is -2.44. The highest BCUT2D eigenvalue weighted by Gasteiger charge is 2.22. The highest BCUT2D eigenvalue weighted by Crippen LogP contribution is 2.27. The summed E-state index contributed by atoms with van der Waals surface area (Å²) in [6.45, 7) is 9.17. The molecule has 0 amide bonds. The first-order valence-electron chi connectivity index (χ1n) is 10.8. The summed E-state index contributed by atoms with van der Waals surface area (Å²) >= 11 is 5.64. The van der Waals surface area contributed by atoms with Crippen molar-refractivity contribution in [3.8, 4) is 6.07 Å². The molecule has 1 aromatic carbocycles. The van der Waals surface area contributed by atoms with Crippen LogP contribution in [0.4, 0.5) is 5.82 Å². The molecule has 2 saturated heterocycles. The monoisotopic (exact) mass is 423 g/mol. The number of aryl methyl sites for hydroxylation is 2. The van der Waals surface area contributed by atoms with Crippen LogP contribution in [0.1, 0.15) is 36.0 Å². The highest BCUT2D eigenvalue weighted by atomic mass is 32.1. The lowest BCUT2D eigenvalue weighted by atomic mass is 10.0. The third-order valence-corrected chi connectivity index (χ3v) is 6.38. The number of ether oxygens (including phenoxy) is 1. The first-order chi connectivity index (χ1) is 14.5. The lowest BCUT2D eigenvalue weighted by molar-refractivity contribution is 0.113. The molecule has 7 heteroatoms. The molecule has 0 radical (unpaired) electrons. The van der Waals surface area contributed by atoms with Gasteiger partial charge in [-0.3, -0.25) is 0 Å². The van der Waals surface area contributed by atoms with Gasteiger partial charge in [0.1, 0.15) is 11.9 Å². The van der Waals surface area contributed by atoms with E-state index in [1.165, 1.54) is 5.56 Å². The maximum absolute atomic E-state index is 9.77. The average Bonchev–Trinajstić information content (AvgIpc) is 3.13. The van der Waals surface area contributed by atoms with Gasteiger partial charge in [-0.2, -0.15) is 5.26 Å². The number of hydrogen-bond acceptors (Lipinski definition) is 5. The van der Waals surface area contributed by atoms with Crippen molar-refractivity contribution in [3.63, 3.8) is 0 Å².